The van der Waals surface area contributed by atoms with Crippen molar-refractivity contribution in [2.75, 3.05) is 26.7 Å². The quantitative estimate of drug-likeness (QED) is 0.859. The van der Waals surface area contributed by atoms with Gasteiger partial charge in [0, 0.05) is 6.54 Å². The molecule has 112 valence electrons. The van der Waals surface area contributed by atoms with E-state index in [9.17, 15) is 8.42 Å². The minimum Gasteiger partial charge on any atom is -0.496 e. The number of nitrogens with one attached hydrogen (secondary N) is 2. The molecule has 1 aliphatic rings. The second kappa shape index (κ2) is 6.56. The van der Waals surface area contributed by atoms with E-state index in [0.717, 1.165) is 31.5 Å². The van der Waals surface area contributed by atoms with E-state index < -0.39 is 10.0 Å². The van der Waals surface area contributed by atoms with Gasteiger partial charge < -0.3 is 10.1 Å². The van der Waals surface area contributed by atoms with E-state index in [1.54, 1.807) is 25.3 Å². The molecule has 1 aromatic carbocycles. The van der Waals surface area contributed by atoms with Crippen LogP contribution in [0.3, 0.4) is 0 Å². The molecule has 0 bridgehead atoms. The van der Waals surface area contributed by atoms with E-state index >= 15 is 0 Å². The SMILES string of the molecule is COc1ccc(S(=O)(=O)NC[C@@H]2CCCNC2)cc1C. The van der Waals surface area contributed by atoms with Crippen LogP contribution in [0.2, 0.25) is 0 Å². The third-order valence-electron chi connectivity index (χ3n) is 3.64. The van der Waals surface area contributed by atoms with Crippen molar-refractivity contribution in [2.24, 2.45) is 5.92 Å². The molecule has 5 nitrogen and oxygen atoms in total. The monoisotopic (exact) mass is 298 g/mol. The minimum atomic E-state index is -3.44. The summed E-state index contributed by atoms with van der Waals surface area (Å²) in [4.78, 5) is 0.291. The van der Waals surface area contributed by atoms with Crippen LogP contribution in [-0.4, -0.2) is 35.2 Å². The first-order chi connectivity index (χ1) is 9.53. The van der Waals surface area contributed by atoms with Gasteiger partial charge >= 0.3 is 0 Å². The molecular formula is C14H22N2O3S. The number of piperidine rings is 1. The fraction of sp³-hybridized carbons (Fsp3) is 0.571. The van der Waals surface area contributed by atoms with Crippen LogP contribution in [0.5, 0.6) is 5.75 Å². The maximum Gasteiger partial charge on any atom is 0.240 e. The molecule has 1 fully saturated rings. The predicted molar refractivity (Wildman–Crippen MR) is 78.5 cm³/mol. The van der Waals surface area contributed by atoms with Gasteiger partial charge in [0.15, 0.2) is 0 Å². The lowest BCUT2D eigenvalue weighted by Crippen LogP contribution is -2.38. The van der Waals surface area contributed by atoms with E-state index in [0.29, 0.717) is 23.1 Å². The number of hydrogen-bond acceptors (Lipinski definition) is 4. The van der Waals surface area contributed by atoms with E-state index in [1.807, 2.05) is 6.92 Å². The molecule has 1 saturated heterocycles. The zero-order valence-corrected chi connectivity index (χ0v) is 12.8. The van der Waals surface area contributed by atoms with Gasteiger partial charge in [0.1, 0.15) is 5.75 Å². The molecule has 0 aromatic heterocycles. The summed E-state index contributed by atoms with van der Waals surface area (Å²) in [5.41, 5.74) is 0.815. The predicted octanol–water partition coefficient (Wildman–Crippen LogP) is 1.28. The first-order valence-electron chi connectivity index (χ1n) is 6.88. The number of aryl methyl sites for hydroxylation is 1. The lowest BCUT2D eigenvalue weighted by atomic mass is 10.0. The van der Waals surface area contributed by atoms with Crippen molar-refractivity contribution in [1.82, 2.24) is 10.0 Å². The second-order valence-corrected chi connectivity index (χ2v) is 6.96. The summed E-state index contributed by atoms with van der Waals surface area (Å²) in [6.07, 6.45) is 2.17. The van der Waals surface area contributed by atoms with Gasteiger partial charge in [-0.1, -0.05) is 0 Å². The molecule has 0 spiro atoms. The van der Waals surface area contributed by atoms with Crippen LogP contribution in [0, 0.1) is 12.8 Å². The molecule has 0 amide bonds. The summed E-state index contributed by atoms with van der Waals surface area (Å²) >= 11 is 0. The number of methoxy groups -OCH3 is 1. The summed E-state index contributed by atoms with van der Waals surface area (Å²) in [6.45, 7) is 4.23. The standard InChI is InChI=1S/C14H22N2O3S/c1-11-8-13(5-6-14(11)19-2)20(17,18)16-10-12-4-3-7-15-9-12/h5-6,8,12,15-16H,3-4,7,9-10H2,1-2H3/t12-/m1/s1. The average Bonchev–Trinajstić information content (AvgIpc) is 2.46. The maximum absolute atomic E-state index is 12.3. The molecule has 2 rings (SSSR count). The van der Waals surface area contributed by atoms with Gasteiger partial charge in [-0.15, -0.1) is 0 Å². The van der Waals surface area contributed by atoms with Gasteiger partial charge in [-0.3, -0.25) is 0 Å². The Kier molecular flexibility index (Phi) is 5.01. The van der Waals surface area contributed by atoms with Crippen molar-refractivity contribution in [3.63, 3.8) is 0 Å². The Morgan fingerprint density at radius 3 is 2.85 bits per heavy atom. The Hall–Kier alpha value is -1.11. The van der Waals surface area contributed by atoms with Crippen molar-refractivity contribution in [3.05, 3.63) is 23.8 Å². The number of hydrogen-bond donors (Lipinski definition) is 2. The summed E-state index contributed by atoms with van der Waals surface area (Å²) in [6, 6.07) is 4.90. The molecule has 0 radical (unpaired) electrons. The third-order valence-corrected chi connectivity index (χ3v) is 5.06. The Bertz CT molecular complexity index is 552. The summed E-state index contributed by atoms with van der Waals surface area (Å²) in [7, 11) is -1.87. The van der Waals surface area contributed by atoms with Crippen molar-refractivity contribution >= 4 is 10.0 Å². The summed E-state index contributed by atoms with van der Waals surface area (Å²) in [5.74, 6) is 1.07. The molecule has 6 heteroatoms. The number of rotatable bonds is 5. The normalized spacial score (nSPS) is 19.8. The number of benzene rings is 1. The highest BCUT2D eigenvalue weighted by atomic mass is 32.2. The molecule has 2 N–H and O–H groups in total. The fourth-order valence-electron chi connectivity index (χ4n) is 2.43. The zero-order chi connectivity index (χ0) is 14.6. The van der Waals surface area contributed by atoms with Gasteiger partial charge in [0.05, 0.1) is 12.0 Å². The van der Waals surface area contributed by atoms with E-state index in [1.165, 1.54) is 0 Å². The van der Waals surface area contributed by atoms with Crippen LogP contribution in [-0.2, 0) is 10.0 Å². The largest absolute Gasteiger partial charge is 0.496 e. The molecule has 1 aliphatic heterocycles. The Morgan fingerprint density at radius 2 is 2.25 bits per heavy atom. The van der Waals surface area contributed by atoms with E-state index in [-0.39, 0.29) is 0 Å². The van der Waals surface area contributed by atoms with Crippen LogP contribution in [0.1, 0.15) is 18.4 Å². The first-order valence-corrected chi connectivity index (χ1v) is 8.36. The van der Waals surface area contributed by atoms with Crippen LogP contribution in [0.4, 0.5) is 0 Å². The van der Waals surface area contributed by atoms with Gasteiger partial charge in [0.25, 0.3) is 0 Å². The summed E-state index contributed by atoms with van der Waals surface area (Å²) < 4.78 is 32.4. The van der Waals surface area contributed by atoms with Crippen LogP contribution in [0.15, 0.2) is 23.1 Å². The van der Waals surface area contributed by atoms with Crippen molar-refractivity contribution in [2.45, 2.75) is 24.7 Å². The fourth-order valence-corrected chi connectivity index (χ4v) is 3.63. The van der Waals surface area contributed by atoms with Gasteiger partial charge in [-0.05, 0) is 62.5 Å². The van der Waals surface area contributed by atoms with Crippen LogP contribution in [0.25, 0.3) is 0 Å². The number of ether oxygens (including phenoxy) is 1. The molecular weight excluding hydrogens is 276 g/mol. The van der Waals surface area contributed by atoms with Crippen molar-refractivity contribution in [3.8, 4) is 5.75 Å². The molecule has 1 aromatic rings. The smallest absolute Gasteiger partial charge is 0.240 e. The van der Waals surface area contributed by atoms with Crippen LogP contribution >= 0.6 is 0 Å². The van der Waals surface area contributed by atoms with Gasteiger partial charge in [0.2, 0.25) is 10.0 Å². The van der Waals surface area contributed by atoms with Crippen molar-refractivity contribution in [1.29, 1.82) is 0 Å². The Balaban J connectivity index is 2.04. The zero-order valence-electron chi connectivity index (χ0n) is 12.0. The Labute approximate surface area is 120 Å². The molecule has 0 unspecified atom stereocenters. The highest BCUT2D eigenvalue weighted by Crippen LogP contribution is 2.21. The van der Waals surface area contributed by atoms with Gasteiger partial charge in [-0.2, -0.15) is 0 Å². The molecule has 0 saturated carbocycles. The molecule has 1 atom stereocenters. The maximum atomic E-state index is 12.3. The molecule has 0 aliphatic carbocycles. The van der Waals surface area contributed by atoms with Gasteiger partial charge in [-0.25, -0.2) is 13.1 Å². The lowest BCUT2D eigenvalue weighted by molar-refractivity contribution is 0.376. The lowest BCUT2D eigenvalue weighted by Gasteiger charge is -2.22. The minimum absolute atomic E-state index is 0.291. The Morgan fingerprint density at radius 1 is 1.45 bits per heavy atom. The number of sulfonamides is 1. The van der Waals surface area contributed by atoms with Crippen molar-refractivity contribution < 1.29 is 13.2 Å². The summed E-state index contributed by atoms with van der Waals surface area (Å²) in [5, 5.41) is 3.28. The highest BCUT2D eigenvalue weighted by Gasteiger charge is 2.19. The van der Waals surface area contributed by atoms with Crippen LogP contribution < -0.4 is 14.8 Å². The average molecular weight is 298 g/mol. The third kappa shape index (κ3) is 3.71. The first kappa shape index (κ1) is 15.3. The molecule has 1 heterocycles. The van der Waals surface area contributed by atoms with E-state index in [2.05, 4.69) is 10.0 Å². The molecule has 20 heavy (non-hydrogen) atoms. The topological polar surface area (TPSA) is 67.4 Å². The van der Waals surface area contributed by atoms with E-state index in [4.69, 9.17) is 4.74 Å². The highest BCUT2D eigenvalue weighted by molar-refractivity contribution is 7.89. The second-order valence-electron chi connectivity index (χ2n) is 5.20.